The molecule has 15 heavy (non-hydrogen) atoms. The molecule has 0 amide bonds. The van der Waals surface area contributed by atoms with Crippen LogP contribution in [0.2, 0.25) is 0 Å². The van der Waals surface area contributed by atoms with E-state index in [-0.39, 0.29) is 6.10 Å². The number of halogens is 1. The van der Waals surface area contributed by atoms with Gasteiger partial charge in [-0.1, -0.05) is 0 Å². The van der Waals surface area contributed by atoms with Gasteiger partial charge in [0.25, 0.3) is 0 Å². The van der Waals surface area contributed by atoms with Crippen LogP contribution in [-0.4, -0.2) is 30.8 Å². The third kappa shape index (κ3) is 2.90. The smallest absolute Gasteiger partial charge is 0.126 e. The lowest BCUT2D eigenvalue weighted by Crippen LogP contribution is -2.39. The third-order valence-electron chi connectivity index (χ3n) is 2.42. The first-order valence-electron chi connectivity index (χ1n) is 4.98. The van der Waals surface area contributed by atoms with Crippen molar-refractivity contribution < 1.29 is 4.74 Å². The predicted molar refractivity (Wildman–Crippen MR) is 62.7 cm³/mol. The molecule has 2 rings (SSSR count). The van der Waals surface area contributed by atoms with Gasteiger partial charge in [0.05, 0.1) is 12.7 Å². The summed E-state index contributed by atoms with van der Waals surface area (Å²) in [6.45, 7) is 2.58. The van der Waals surface area contributed by atoms with E-state index in [9.17, 15) is 0 Å². The van der Waals surface area contributed by atoms with Crippen LogP contribution in [0.3, 0.4) is 0 Å². The van der Waals surface area contributed by atoms with Gasteiger partial charge in [-0.25, -0.2) is 4.98 Å². The number of ether oxygens (including phenoxy) is 1. The molecule has 0 aliphatic carbocycles. The molecule has 2 heterocycles. The molecule has 5 heteroatoms. The molecule has 1 aromatic heterocycles. The van der Waals surface area contributed by atoms with Crippen molar-refractivity contribution in [3.05, 3.63) is 22.3 Å². The van der Waals surface area contributed by atoms with E-state index in [4.69, 9.17) is 10.5 Å². The monoisotopic (exact) mass is 271 g/mol. The highest BCUT2D eigenvalue weighted by atomic mass is 79.9. The quantitative estimate of drug-likeness (QED) is 0.841. The average Bonchev–Trinajstić information content (AvgIpc) is 2.25. The maximum atomic E-state index is 5.80. The molecule has 1 aliphatic rings. The summed E-state index contributed by atoms with van der Waals surface area (Å²) >= 11 is 3.39. The minimum Gasteiger partial charge on any atom is -0.383 e. The van der Waals surface area contributed by atoms with Crippen LogP contribution in [-0.2, 0) is 11.2 Å². The maximum Gasteiger partial charge on any atom is 0.126 e. The number of nitrogens with zero attached hydrogens (tertiary/aromatic N) is 1. The van der Waals surface area contributed by atoms with Crippen molar-refractivity contribution >= 4 is 21.7 Å². The van der Waals surface area contributed by atoms with Gasteiger partial charge in [0.15, 0.2) is 0 Å². The zero-order valence-corrected chi connectivity index (χ0v) is 9.96. The lowest BCUT2D eigenvalue weighted by Gasteiger charge is -2.23. The van der Waals surface area contributed by atoms with Crippen LogP contribution in [0.15, 0.2) is 16.7 Å². The zero-order chi connectivity index (χ0) is 10.7. The van der Waals surface area contributed by atoms with Crippen LogP contribution in [0.1, 0.15) is 5.56 Å². The van der Waals surface area contributed by atoms with E-state index in [1.54, 1.807) is 6.20 Å². The summed E-state index contributed by atoms with van der Waals surface area (Å²) in [6.07, 6.45) is 2.72. The van der Waals surface area contributed by atoms with Gasteiger partial charge in [-0.3, -0.25) is 0 Å². The third-order valence-corrected chi connectivity index (χ3v) is 2.85. The molecular weight excluding hydrogens is 258 g/mol. The largest absolute Gasteiger partial charge is 0.383 e. The number of anilines is 1. The molecule has 1 unspecified atom stereocenters. The van der Waals surface area contributed by atoms with Gasteiger partial charge in [0.1, 0.15) is 5.82 Å². The van der Waals surface area contributed by atoms with Crippen molar-refractivity contribution in [3.63, 3.8) is 0 Å². The fourth-order valence-corrected chi connectivity index (χ4v) is 2.03. The van der Waals surface area contributed by atoms with Crippen molar-refractivity contribution in [2.45, 2.75) is 12.5 Å². The van der Waals surface area contributed by atoms with Crippen molar-refractivity contribution in [1.82, 2.24) is 10.3 Å². The molecule has 1 aromatic rings. The Morgan fingerprint density at radius 1 is 1.67 bits per heavy atom. The number of nitrogens with two attached hydrogens (primary N) is 1. The molecular formula is C10H14BrN3O. The second-order valence-electron chi connectivity index (χ2n) is 3.60. The van der Waals surface area contributed by atoms with Crippen molar-refractivity contribution in [2.75, 3.05) is 25.4 Å². The van der Waals surface area contributed by atoms with Gasteiger partial charge in [-0.2, -0.15) is 0 Å². The van der Waals surface area contributed by atoms with Crippen LogP contribution < -0.4 is 11.1 Å². The number of hydrogen-bond acceptors (Lipinski definition) is 4. The standard InChI is InChI=1S/C10H14BrN3O/c11-8-3-7(10(12)14-5-8)4-9-6-13-1-2-15-9/h3,5,9,13H,1-2,4,6H2,(H2,12,14). The molecule has 0 aromatic carbocycles. The summed E-state index contributed by atoms with van der Waals surface area (Å²) in [5.41, 5.74) is 6.84. The van der Waals surface area contributed by atoms with Gasteiger partial charge >= 0.3 is 0 Å². The molecule has 0 radical (unpaired) electrons. The number of aromatic nitrogens is 1. The minimum atomic E-state index is 0.206. The second-order valence-corrected chi connectivity index (χ2v) is 4.51. The zero-order valence-electron chi connectivity index (χ0n) is 8.37. The Bertz CT molecular complexity index is 339. The summed E-state index contributed by atoms with van der Waals surface area (Å²) in [5.74, 6) is 0.590. The predicted octanol–water partition coefficient (Wildman–Crippen LogP) is 0.957. The molecule has 1 fully saturated rings. The fourth-order valence-electron chi connectivity index (χ4n) is 1.65. The van der Waals surface area contributed by atoms with Gasteiger partial charge in [0.2, 0.25) is 0 Å². The molecule has 4 nitrogen and oxygen atoms in total. The molecule has 3 N–H and O–H groups in total. The van der Waals surface area contributed by atoms with E-state index >= 15 is 0 Å². The van der Waals surface area contributed by atoms with E-state index in [1.165, 1.54) is 0 Å². The van der Waals surface area contributed by atoms with E-state index in [0.29, 0.717) is 5.82 Å². The van der Waals surface area contributed by atoms with Crippen molar-refractivity contribution in [1.29, 1.82) is 0 Å². The Balaban J connectivity index is 2.05. The lowest BCUT2D eigenvalue weighted by atomic mass is 10.1. The van der Waals surface area contributed by atoms with E-state index in [2.05, 4.69) is 26.2 Å². The Morgan fingerprint density at radius 2 is 2.53 bits per heavy atom. The number of nitrogen functional groups attached to an aromatic ring is 1. The number of hydrogen-bond donors (Lipinski definition) is 2. The van der Waals surface area contributed by atoms with Crippen LogP contribution in [0.4, 0.5) is 5.82 Å². The van der Waals surface area contributed by atoms with Crippen molar-refractivity contribution in [2.24, 2.45) is 0 Å². The second kappa shape index (κ2) is 4.92. The first-order valence-corrected chi connectivity index (χ1v) is 5.77. The first-order chi connectivity index (χ1) is 7.25. The summed E-state index contributed by atoms with van der Waals surface area (Å²) < 4.78 is 6.57. The summed E-state index contributed by atoms with van der Waals surface area (Å²) in [6, 6.07) is 2.00. The Kier molecular flexibility index (Phi) is 3.56. The van der Waals surface area contributed by atoms with Gasteiger partial charge in [0, 0.05) is 30.2 Å². The normalized spacial score (nSPS) is 21.5. The molecule has 0 saturated carbocycles. The molecule has 1 saturated heterocycles. The summed E-state index contributed by atoms with van der Waals surface area (Å²) in [4.78, 5) is 4.10. The molecule has 1 atom stereocenters. The Morgan fingerprint density at radius 3 is 3.27 bits per heavy atom. The number of rotatable bonds is 2. The van der Waals surface area contributed by atoms with Crippen molar-refractivity contribution in [3.8, 4) is 0 Å². The summed E-state index contributed by atoms with van der Waals surface area (Å²) in [5, 5.41) is 3.29. The van der Waals surface area contributed by atoms with E-state index in [1.807, 2.05) is 6.07 Å². The molecule has 0 spiro atoms. The topological polar surface area (TPSA) is 60.2 Å². The number of nitrogens with one attached hydrogen (secondary N) is 1. The minimum absolute atomic E-state index is 0.206. The van der Waals surface area contributed by atoms with E-state index < -0.39 is 0 Å². The van der Waals surface area contributed by atoms with Gasteiger partial charge < -0.3 is 15.8 Å². The highest BCUT2D eigenvalue weighted by Crippen LogP contribution is 2.18. The van der Waals surface area contributed by atoms with E-state index in [0.717, 1.165) is 36.2 Å². The van der Waals surface area contributed by atoms with Gasteiger partial charge in [-0.15, -0.1) is 0 Å². The maximum absolute atomic E-state index is 5.80. The molecule has 0 bridgehead atoms. The number of morpholine rings is 1. The SMILES string of the molecule is Nc1ncc(Br)cc1CC1CNCCO1. The van der Waals surface area contributed by atoms with Crippen LogP contribution in [0.5, 0.6) is 0 Å². The van der Waals surface area contributed by atoms with Gasteiger partial charge in [-0.05, 0) is 27.6 Å². The molecule has 82 valence electrons. The summed E-state index contributed by atoms with van der Waals surface area (Å²) in [7, 11) is 0. The lowest BCUT2D eigenvalue weighted by molar-refractivity contribution is 0.0293. The highest BCUT2D eigenvalue weighted by Gasteiger charge is 2.15. The Hall–Kier alpha value is -0.650. The highest BCUT2D eigenvalue weighted by molar-refractivity contribution is 9.10. The molecule has 1 aliphatic heterocycles. The van der Waals surface area contributed by atoms with Crippen LogP contribution in [0, 0.1) is 0 Å². The first kappa shape index (κ1) is 10.9. The number of pyridine rings is 1. The Labute approximate surface area is 97.3 Å². The van der Waals surface area contributed by atoms with Crippen LogP contribution in [0.25, 0.3) is 0 Å². The average molecular weight is 272 g/mol. The van der Waals surface area contributed by atoms with Crippen LogP contribution >= 0.6 is 15.9 Å². The fraction of sp³-hybridized carbons (Fsp3) is 0.500.